The molecular weight excluding hydrogens is 374 g/mol. The molecule has 0 radical (unpaired) electrons. The molecule has 1 unspecified atom stereocenters. The van der Waals surface area contributed by atoms with Crippen LogP contribution in [0.25, 0.3) is 0 Å². The molecule has 1 aliphatic heterocycles. The van der Waals surface area contributed by atoms with Gasteiger partial charge in [-0.3, -0.25) is 9.00 Å². The molecule has 1 atom stereocenters. The van der Waals surface area contributed by atoms with Crippen LogP contribution in [-0.2, 0) is 21.3 Å². The van der Waals surface area contributed by atoms with Gasteiger partial charge in [-0.2, -0.15) is 0 Å². The van der Waals surface area contributed by atoms with Crippen molar-refractivity contribution in [2.24, 2.45) is 0 Å². The summed E-state index contributed by atoms with van der Waals surface area (Å²) < 4.78 is 23.6. The summed E-state index contributed by atoms with van der Waals surface area (Å²) in [5.74, 6) is 0.937. The third-order valence-electron chi connectivity index (χ3n) is 3.82. The van der Waals surface area contributed by atoms with E-state index in [0.717, 1.165) is 17.5 Å². The van der Waals surface area contributed by atoms with Crippen molar-refractivity contribution in [2.45, 2.75) is 19.1 Å². The molecule has 0 saturated heterocycles. The lowest BCUT2D eigenvalue weighted by atomic mass is 10.2. The Morgan fingerprint density at radius 3 is 2.69 bits per heavy atom. The van der Waals surface area contributed by atoms with Crippen molar-refractivity contribution in [3.05, 3.63) is 52.5 Å². The van der Waals surface area contributed by atoms with E-state index < -0.39 is 10.8 Å². The Labute approximate surface area is 160 Å². The van der Waals surface area contributed by atoms with Crippen molar-refractivity contribution in [1.82, 2.24) is 0 Å². The molecule has 7 heteroatoms. The number of anilines is 1. The molecule has 0 aliphatic carbocycles. The standard InChI is InChI=1S/C19H20ClNO4S/c1-13-3-5-15(6-4-13)21-18(22)12-26(23)11-14-9-16(20)19-17(10-14)24-7-2-8-25-19/h3-6,9-10H,2,7-8,11-12H2,1H3,(H,21,22). The molecule has 0 fully saturated rings. The van der Waals surface area contributed by atoms with Gasteiger partial charge in [-0.05, 0) is 36.8 Å². The fraction of sp³-hybridized carbons (Fsp3) is 0.316. The Morgan fingerprint density at radius 2 is 1.92 bits per heavy atom. The third kappa shape index (κ3) is 4.99. The largest absolute Gasteiger partial charge is 0.489 e. The first-order chi connectivity index (χ1) is 12.5. The number of carbonyl (C=O) groups is 1. The highest BCUT2D eigenvalue weighted by molar-refractivity contribution is 7.84. The van der Waals surface area contributed by atoms with Crippen LogP contribution in [0.5, 0.6) is 11.5 Å². The van der Waals surface area contributed by atoms with Crippen LogP contribution < -0.4 is 14.8 Å². The number of carbonyl (C=O) groups excluding carboxylic acids is 1. The molecule has 138 valence electrons. The van der Waals surface area contributed by atoms with Crippen LogP contribution in [0.1, 0.15) is 17.5 Å². The summed E-state index contributed by atoms with van der Waals surface area (Å²) >= 11 is 6.25. The lowest BCUT2D eigenvalue weighted by Crippen LogP contribution is -2.20. The van der Waals surface area contributed by atoms with Crippen molar-refractivity contribution in [3.8, 4) is 11.5 Å². The second-order valence-electron chi connectivity index (χ2n) is 6.10. The van der Waals surface area contributed by atoms with Gasteiger partial charge < -0.3 is 14.8 Å². The number of ether oxygens (including phenoxy) is 2. The van der Waals surface area contributed by atoms with E-state index in [-0.39, 0.29) is 17.4 Å². The predicted octanol–water partition coefficient (Wildman–Crippen LogP) is 3.70. The summed E-state index contributed by atoms with van der Waals surface area (Å²) in [7, 11) is -1.36. The minimum Gasteiger partial charge on any atom is -0.489 e. The number of amides is 1. The van der Waals surface area contributed by atoms with Crippen LogP contribution in [0, 0.1) is 6.92 Å². The molecule has 1 aliphatic rings. The zero-order valence-electron chi connectivity index (χ0n) is 14.4. The van der Waals surface area contributed by atoms with Crippen molar-refractivity contribution in [1.29, 1.82) is 0 Å². The van der Waals surface area contributed by atoms with E-state index in [2.05, 4.69) is 5.32 Å². The summed E-state index contributed by atoms with van der Waals surface area (Å²) in [4.78, 5) is 12.1. The van der Waals surface area contributed by atoms with E-state index >= 15 is 0 Å². The van der Waals surface area contributed by atoms with Crippen molar-refractivity contribution < 1.29 is 18.5 Å². The van der Waals surface area contributed by atoms with E-state index in [1.54, 1.807) is 12.1 Å². The Morgan fingerprint density at radius 1 is 1.19 bits per heavy atom. The quantitative estimate of drug-likeness (QED) is 0.841. The van der Waals surface area contributed by atoms with Crippen LogP contribution in [0.4, 0.5) is 5.69 Å². The molecule has 1 N–H and O–H groups in total. The van der Waals surface area contributed by atoms with Gasteiger partial charge in [-0.1, -0.05) is 29.3 Å². The normalized spacial score (nSPS) is 14.4. The van der Waals surface area contributed by atoms with Crippen LogP contribution in [0.2, 0.25) is 5.02 Å². The number of hydrogen-bond donors (Lipinski definition) is 1. The summed E-state index contributed by atoms with van der Waals surface area (Å²) in [6.07, 6.45) is 0.783. The summed E-state index contributed by atoms with van der Waals surface area (Å²) in [5.41, 5.74) is 2.55. The molecule has 5 nitrogen and oxygen atoms in total. The van der Waals surface area contributed by atoms with Gasteiger partial charge in [-0.15, -0.1) is 0 Å². The number of hydrogen-bond acceptors (Lipinski definition) is 4. The topological polar surface area (TPSA) is 64.6 Å². The molecule has 0 saturated carbocycles. The molecule has 0 bridgehead atoms. The van der Waals surface area contributed by atoms with Crippen LogP contribution in [0.15, 0.2) is 36.4 Å². The lowest BCUT2D eigenvalue weighted by molar-refractivity contribution is -0.113. The highest BCUT2D eigenvalue weighted by Crippen LogP contribution is 2.38. The molecule has 0 spiro atoms. The maximum absolute atomic E-state index is 12.3. The van der Waals surface area contributed by atoms with Crippen LogP contribution in [0.3, 0.4) is 0 Å². The smallest absolute Gasteiger partial charge is 0.237 e. The van der Waals surface area contributed by atoms with E-state index in [4.69, 9.17) is 21.1 Å². The van der Waals surface area contributed by atoms with Crippen LogP contribution in [-0.4, -0.2) is 29.1 Å². The van der Waals surface area contributed by atoms with Gasteiger partial charge in [0.05, 0.1) is 18.2 Å². The predicted molar refractivity (Wildman–Crippen MR) is 104 cm³/mol. The molecular formula is C19H20ClNO4S. The average molecular weight is 394 g/mol. The summed E-state index contributed by atoms with van der Waals surface area (Å²) in [6, 6.07) is 10.9. The van der Waals surface area contributed by atoms with E-state index in [0.29, 0.717) is 35.4 Å². The van der Waals surface area contributed by atoms with Crippen LogP contribution >= 0.6 is 11.6 Å². The first-order valence-corrected chi connectivity index (χ1v) is 10.2. The Bertz CT molecular complexity index is 823. The summed E-state index contributed by atoms with van der Waals surface area (Å²) in [6.45, 7) is 3.08. The minimum absolute atomic E-state index is 0.0834. The zero-order valence-corrected chi connectivity index (χ0v) is 16.0. The number of rotatable bonds is 5. The van der Waals surface area contributed by atoms with Crippen molar-refractivity contribution >= 4 is 34.0 Å². The minimum atomic E-state index is -1.36. The van der Waals surface area contributed by atoms with Crippen molar-refractivity contribution in [3.63, 3.8) is 0 Å². The lowest BCUT2D eigenvalue weighted by Gasteiger charge is -2.11. The first kappa shape index (κ1) is 18.7. The fourth-order valence-corrected chi connectivity index (χ4v) is 3.88. The number of aryl methyl sites for hydroxylation is 1. The molecule has 1 amide bonds. The zero-order chi connectivity index (χ0) is 18.5. The molecule has 0 aromatic heterocycles. The Hall–Kier alpha value is -2.05. The van der Waals surface area contributed by atoms with Gasteiger partial charge in [0.2, 0.25) is 5.91 Å². The number of fused-ring (bicyclic) bond motifs is 1. The Kier molecular flexibility index (Phi) is 6.16. The van der Waals surface area contributed by atoms with Gasteiger partial charge >= 0.3 is 0 Å². The number of nitrogens with one attached hydrogen (secondary N) is 1. The van der Waals surface area contributed by atoms with Crippen molar-refractivity contribution in [2.75, 3.05) is 24.3 Å². The van der Waals surface area contributed by atoms with E-state index in [1.807, 2.05) is 31.2 Å². The maximum atomic E-state index is 12.3. The first-order valence-electron chi connectivity index (χ1n) is 8.31. The summed E-state index contributed by atoms with van der Waals surface area (Å²) in [5, 5.41) is 3.18. The molecule has 2 aromatic carbocycles. The average Bonchev–Trinajstić information content (AvgIpc) is 2.82. The third-order valence-corrected chi connectivity index (χ3v) is 5.34. The highest BCUT2D eigenvalue weighted by atomic mass is 35.5. The number of benzene rings is 2. The highest BCUT2D eigenvalue weighted by Gasteiger charge is 2.17. The van der Waals surface area contributed by atoms with E-state index in [1.165, 1.54) is 0 Å². The number of halogens is 1. The molecule has 2 aromatic rings. The van der Waals surface area contributed by atoms with E-state index in [9.17, 15) is 9.00 Å². The van der Waals surface area contributed by atoms with Gasteiger partial charge in [0.15, 0.2) is 11.5 Å². The van der Waals surface area contributed by atoms with Gasteiger partial charge in [-0.25, -0.2) is 0 Å². The second-order valence-corrected chi connectivity index (χ2v) is 7.96. The van der Waals surface area contributed by atoms with Gasteiger partial charge in [0, 0.05) is 28.7 Å². The maximum Gasteiger partial charge on any atom is 0.237 e. The SMILES string of the molecule is Cc1ccc(NC(=O)CS(=O)Cc2cc(Cl)c3c(c2)OCCCO3)cc1. The fourth-order valence-electron chi connectivity index (χ4n) is 2.58. The molecule has 1 heterocycles. The monoisotopic (exact) mass is 393 g/mol. The second kappa shape index (κ2) is 8.56. The van der Waals surface area contributed by atoms with Gasteiger partial charge in [0.1, 0.15) is 5.75 Å². The molecule has 26 heavy (non-hydrogen) atoms. The van der Waals surface area contributed by atoms with Gasteiger partial charge in [0.25, 0.3) is 0 Å². The molecule has 3 rings (SSSR count). The Balaban J connectivity index is 1.61.